The van der Waals surface area contributed by atoms with Crippen molar-refractivity contribution in [3.8, 4) is 11.5 Å². The molecule has 1 N–H and O–H groups in total. The zero-order valence-corrected chi connectivity index (χ0v) is 11.5. The summed E-state index contributed by atoms with van der Waals surface area (Å²) >= 11 is 0. The molecule has 1 atom stereocenters. The monoisotopic (exact) mass is 268 g/mol. The van der Waals surface area contributed by atoms with E-state index in [-0.39, 0.29) is 6.10 Å². The lowest BCUT2D eigenvalue weighted by Crippen LogP contribution is -2.16. The zero-order chi connectivity index (χ0) is 14.1. The van der Waals surface area contributed by atoms with Crippen molar-refractivity contribution in [2.24, 2.45) is 0 Å². The molecule has 0 bridgehead atoms. The first kappa shape index (κ1) is 12.6. The molecule has 0 saturated carbocycles. The Hall–Kier alpha value is -2.42. The van der Waals surface area contributed by atoms with E-state index in [1.165, 1.54) is 0 Å². The summed E-state index contributed by atoms with van der Waals surface area (Å²) in [6.07, 6.45) is -0.268. The zero-order valence-electron chi connectivity index (χ0n) is 11.5. The van der Waals surface area contributed by atoms with Crippen LogP contribution in [0.5, 0.6) is 11.5 Å². The molecule has 1 aliphatic heterocycles. The molecule has 102 valence electrons. The second-order valence-electron chi connectivity index (χ2n) is 4.80. The molecule has 3 nitrogen and oxygen atoms in total. The van der Waals surface area contributed by atoms with Gasteiger partial charge < -0.3 is 14.6 Å². The molecule has 20 heavy (non-hydrogen) atoms. The molecule has 0 amide bonds. The van der Waals surface area contributed by atoms with E-state index in [1.54, 1.807) is 7.11 Å². The standard InChI is InChI=1S/C17H16O3/c1-11-16(18)14-5-3-4-6-15(14)20-17(11)12-7-9-13(19-2)10-8-12/h3-10,17-18H,1-2H3/t17-/m1/s1. The molecular formula is C17H16O3. The van der Waals surface area contributed by atoms with Gasteiger partial charge in [-0.25, -0.2) is 0 Å². The van der Waals surface area contributed by atoms with Crippen molar-refractivity contribution >= 4 is 5.76 Å². The molecular weight excluding hydrogens is 252 g/mol. The van der Waals surface area contributed by atoms with Crippen molar-refractivity contribution in [1.29, 1.82) is 0 Å². The fourth-order valence-electron chi connectivity index (χ4n) is 2.41. The maximum atomic E-state index is 10.3. The summed E-state index contributed by atoms with van der Waals surface area (Å²) in [4.78, 5) is 0. The maximum Gasteiger partial charge on any atom is 0.148 e. The average molecular weight is 268 g/mol. The fraction of sp³-hybridized carbons (Fsp3) is 0.176. The number of hydrogen-bond acceptors (Lipinski definition) is 3. The Morgan fingerprint density at radius 3 is 2.45 bits per heavy atom. The van der Waals surface area contributed by atoms with Gasteiger partial charge in [0.2, 0.25) is 0 Å². The summed E-state index contributed by atoms with van der Waals surface area (Å²) < 4.78 is 11.2. The second-order valence-corrected chi connectivity index (χ2v) is 4.80. The molecule has 3 heteroatoms. The number of aliphatic hydroxyl groups is 1. The molecule has 0 fully saturated rings. The van der Waals surface area contributed by atoms with Crippen LogP contribution >= 0.6 is 0 Å². The minimum atomic E-state index is -0.268. The normalized spacial score (nSPS) is 17.4. The molecule has 0 aromatic heterocycles. The van der Waals surface area contributed by atoms with Gasteiger partial charge in [-0.3, -0.25) is 0 Å². The molecule has 1 heterocycles. The van der Waals surface area contributed by atoms with E-state index in [9.17, 15) is 5.11 Å². The van der Waals surface area contributed by atoms with Crippen molar-refractivity contribution in [3.63, 3.8) is 0 Å². The van der Waals surface area contributed by atoms with Crippen LogP contribution in [0.25, 0.3) is 5.76 Å². The second kappa shape index (κ2) is 4.93. The first-order chi connectivity index (χ1) is 9.70. The third-order valence-electron chi connectivity index (χ3n) is 3.57. The van der Waals surface area contributed by atoms with E-state index in [0.717, 1.165) is 22.4 Å². The number of fused-ring (bicyclic) bond motifs is 1. The fourth-order valence-corrected chi connectivity index (χ4v) is 2.41. The van der Waals surface area contributed by atoms with Crippen LogP contribution in [-0.4, -0.2) is 12.2 Å². The molecule has 0 unspecified atom stereocenters. The number of ether oxygens (including phenoxy) is 2. The summed E-state index contributed by atoms with van der Waals surface area (Å²) in [6.45, 7) is 1.89. The summed E-state index contributed by atoms with van der Waals surface area (Å²) in [5.41, 5.74) is 2.55. The van der Waals surface area contributed by atoms with Gasteiger partial charge in [-0.05, 0) is 36.8 Å². The molecule has 0 radical (unpaired) electrons. The average Bonchev–Trinajstić information content (AvgIpc) is 2.51. The Morgan fingerprint density at radius 2 is 1.75 bits per heavy atom. The number of benzene rings is 2. The predicted octanol–water partition coefficient (Wildman–Crippen LogP) is 4.12. The van der Waals surface area contributed by atoms with E-state index >= 15 is 0 Å². The van der Waals surface area contributed by atoms with Gasteiger partial charge in [-0.15, -0.1) is 0 Å². The summed E-state index contributed by atoms with van der Waals surface area (Å²) in [7, 11) is 1.64. The van der Waals surface area contributed by atoms with Crippen LogP contribution < -0.4 is 9.47 Å². The van der Waals surface area contributed by atoms with Crippen LogP contribution in [0.1, 0.15) is 24.2 Å². The summed E-state index contributed by atoms with van der Waals surface area (Å²) in [6, 6.07) is 15.2. The molecule has 0 saturated heterocycles. The van der Waals surface area contributed by atoms with Crippen molar-refractivity contribution < 1.29 is 14.6 Å². The number of para-hydroxylation sites is 1. The van der Waals surface area contributed by atoms with Gasteiger partial charge in [0.15, 0.2) is 0 Å². The van der Waals surface area contributed by atoms with E-state index in [4.69, 9.17) is 9.47 Å². The highest BCUT2D eigenvalue weighted by atomic mass is 16.5. The van der Waals surface area contributed by atoms with Crippen molar-refractivity contribution in [2.45, 2.75) is 13.0 Å². The van der Waals surface area contributed by atoms with Crippen LogP contribution in [0.3, 0.4) is 0 Å². The Bertz CT molecular complexity index is 656. The van der Waals surface area contributed by atoms with Gasteiger partial charge in [0.25, 0.3) is 0 Å². The molecule has 2 aromatic rings. The highest BCUT2D eigenvalue weighted by molar-refractivity contribution is 5.70. The topological polar surface area (TPSA) is 38.7 Å². The number of aliphatic hydroxyl groups excluding tert-OH is 1. The lowest BCUT2D eigenvalue weighted by Gasteiger charge is -2.27. The highest BCUT2D eigenvalue weighted by Crippen LogP contribution is 2.40. The minimum Gasteiger partial charge on any atom is -0.507 e. The third-order valence-corrected chi connectivity index (χ3v) is 3.57. The number of hydrogen-bond donors (Lipinski definition) is 1. The van der Waals surface area contributed by atoms with Crippen LogP contribution in [0, 0.1) is 0 Å². The van der Waals surface area contributed by atoms with E-state index in [2.05, 4.69) is 0 Å². The highest BCUT2D eigenvalue weighted by Gasteiger charge is 2.26. The summed E-state index contributed by atoms with van der Waals surface area (Å²) in [5.74, 6) is 1.81. The molecule has 1 aliphatic rings. The first-order valence-electron chi connectivity index (χ1n) is 6.50. The largest absolute Gasteiger partial charge is 0.507 e. The van der Waals surface area contributed by atoms with Crippen LogP contribution in [0.15, 0.2) is 54.1 Å². The van der Waals surface area contributed by atoms with Crippen LogP contribution in [0.2, 0.25) is 0 Å². The van der Waals surface area contributed by atoms with Gasteiger partial charge in [0, 0.05) is 5.57 Å². The molecule has 2 aromatic carbocycles. The molecule has 3 rings (SSSR count). The van der Waals surface area contributed by atoms with Gasteiger partial charge in [-0.1, -0.05) is 24.3 Å². The van der Waals surface area contributed by atoms with E-state index in [1.807, 2.05) is 55.5 Å². The van der Waals surface area contributed by atoms with Gasteiger partial charge >= 0.3 is 0 Å². The smallest absolute Gasteiger partial charge is 0.148 e. The lowest BCUT2D eigenvalue weighted by atomic mass is 9.96. The Kier molecular flexibility index (Phi) is 3.11. The van der Waals surface area contributed by atoms with Gasteiger partial charge in [0.1, 0.15) is 23.4 Å². The van der Waals surface area contributed by atoms with E-state index in [0.29, 0.717) is 11.5 Å². The third kappa shape index (κ3) is 2.01. The Labute approximate surface area is 118 Å². The first-order valence-corrected chi connectivity index (χ1v) is 6.50. The molecule has 0 aliphatic carbocycles. The SMILES string of the molecule is COc1ccc([C@@H]2Oc3ccccc3C(O)=C2C)cc1. The number of methoxy groups -OCH3 is 1. The maximum absolute atomic E-state index is 10.3. The Balaban J connectivity index is 2.02. The number of rotatable bonds is 2. The Morgan fingerprint density at radius 1 is 1.05 bits per heavy atom. The van der Waals surface area contributed by atoms with Crippen molar-refractivity contribution in [2.75, 3.05) is 7.11 Å². The van der Waals surface area contributed by atoms with Crippen LogP contribution in [0.4, 0.5) is 0 Å². The van der Waals surface area contributed by atoms with Crippen molar-refractivity contribution in [1.82, 2.24) is 0 Å². The van der Waals surface area contributed by atoms with E-state index < -0.39 is 0 Å². The van der Waals surface area contributed by atoms with Gasteiger partial charge in [0.05, 0.1) is 12.7 Å². The molecule has 0 spiro atoms. The quantitative estimate of drug-likeness (QED) is 0.890. The van der Waals surface area contributed by atoms with Crippen LogP contribution in [-0.2, 0) is 0 Å². The van der Waals surface area contributed by atoms with Gasteiger partial charge in [-0.2, -0.15) is 0 Å². The minimum absolute atomic E-state index is 0.268. The summed E-state index contributed by atoms with van der Waals surface area (Å²) in [5, 5.41) is 10.3. The predicted molar refractivity (Wildman–Crippen MR) is 78.0 cm³/mol. The lowest BCUT2D eigenvalue weighted by molar-refractivity contribution is 0.230. The van der Waals surface area contributed by atoms with Crippen molar-refractivity contribution in [3.05, 3.63) is 65.2 Å².